The van der Waals surface area contributed by atoms with E-state index in [1.807, 2.05) is 17.5 Å². The Balaban J connectivity index is 2.02. The molecule has 10 heteroatoms. The number of thioether (sulfide) groups is 1. The molecule has 1 aliphatic heterocycles. The molecule has 1 amide bonds. The molecule has 0 spiro atoms. The van der Waals surface area contributed by atoms with Crippen LogP contribution in [0.15, 0.2) is 51.5 Å². The number of thiophene rings is 1. The standard InChI is InChI=1S/C23H21F3N2O3S2/c1-13-10-17(30)21(22(31)27(2)7-8-29)16-12-20(19-4-3-9-32-19)33-18-6-5-14(23(24,25)26)11-15(18)28(13)16/h3-6,9-11,20,29H,7-8,12H2,1-2H3/t20-/m0/s1. The van der Waals surface area contributed by atoms with Crippen LogP contribution < -0.4 is 5.43 Å². The number of aliphatic hydroxyl groups excluding tert-OH is 1. The molecule has 5 nitrogen and oxygen atoms in total. The van der Waals surface area contributed by atoms with Crippen molar-refractivity contribution < 1.29 is 23.1 Å². The van der Waals surface area contributed by atoms with Gasteiger partial charge < -0.3 is 14.6 Å². The van der Waals surface area contributed by atoms with Crippen molar-refractivity contribution in [1.29, 1.82) is 0 Å². The van der Waals surface area contributed by atoms with E-state index in [1.54, 1.807) is 11.5 Å². The Morgan fingerprint density at radius 3 is 2.67 bits per heavy atom. The molecule has 1 aliphatic rings. The molecule has 0 aliphatic carbocycles. The molecule has 1 atom stereocenters. The smallest absolute Gasteiger partial charge is 0.395 e. The minimum absolute atomic E-state index is 0.0313. The Kier molecular flexibility index (Phi) is 6.43. The number of amides is 1. The van der Waals surface area contributed by atoms with Gasteiger partial charge in [-0.3, -0.25) is 9.59 Å². The van der Waals surface area contributed by atoms with E-state index in [1.165, 1.54) is 47.2 Å². The average Bonchev–Trinajstić information content (AvgIpc) is 3.22. The summed E-state index contributed by atoms with van der Waals surface area (Å²) in [5.74, 6) is -0.567. The number of carbonyl (C=O) groups excluding carboxylic acids is 1. The average molecular weight is 495 g/mol. The van der Waals surface area contributed by atoms with Crippen molar-refractivity contribution in [2.45, 2.75) is 29.7 Å². The number of benzene rings is 1. The van der Waals surface area contributed by atoms with Gasteiger partial charge in [0.05, 0.1) is 17.9 Å². The highest BCUT2D eigenvalue weighted by Gasteiger charge is 2.34. The van der Waals surface area contributed by atoms with Crippen LogP contribution >= 0.6 is 23.1 Å². The van der Waals surface area contributed by atoms with Crippen molar-refractivity contribution in [3.63, 3.8) is 0 Å². The maximum Gasteiger partial charge on any atom is 0.416 e. The first-order valence-corrected chi connectivity index (χ1v) is 11.9. The molecule has 3 aromatic rings. The third kappa shape index (κ3) is 4.47. The second-order valence-electron chi connectivity index (χ2n) is 7.76. The minimum Gasteiger partial charge on any atom is -0.395 e. The van der Waals surface area contributed by atoms with Gasteiger partial charge in [-0.15, -0.1) is 23.1 Å². The van der Waals surface area contributed by atoms with E-state index in [9.17, 15) is 27.9 Å². The van der Waals surface area contributed by atoms with Crippen LogP contribution in [0.3, 0.4) is 0 Å². The fourth-order valence-corrected chi connectivity index (χ4v) is 6.14. The van der Waals surface area contributed by atoms with Crippen LogP contribution in [0, 0.1) is 6.92 Å². The summed E-state index contributed by atoms with van der Waals surface area (Å²) >= 11 is 2.94. The van der Waals surface area contributed by atoms with Gasteiger partial charge in [0.2, 0.25) is 0 Å². The Morgan fingerprint density at radius 1 is 1.27 bits per heavy atom. The third-order valence-electron chi connectivity index (χ3n) is 5.53. The van der Waals surface area contributed by atoms with E-state index >= 15 is 0 Å². The Morgan fingerprint density at radius 2 is 2.03 bits per heavy atom. The molecule has 0 bridgehead atoms. The predicted octanol–water partition coefficient (Wildman–Crippen LogP) is 4.68. The first-order chi connectivity index (χ1) is 15.6. The van der Waals surface area contributed by atoms with Gasteiger partial charge in [-0.25, -0.2) is 0 Å². The summed E-state index contributed by atoms with van der Waals surface area (Å²) in [5.41, 5.74) is -0.253. The highest BCUT2D eigenvalue weighted by Crippen LogP contribution is 2.46. The molecule has 33 heavy (non-hydrogen) atoms. The summed E-state index contributed by atoms with van der Waals surface area (Å²) in [6.07, 6.45) is -4.25. The molecule has 1 aromatic carbocycles. The molecule has 4 rings (SSSR count). The molecular weight excluding hydrogens is 473 g/mol. The van der Waals surface area contributed by atoms with Gasteiger partial charge in [-0.1, -0.05) is 6.07 Å². The Hall–Kier alpha value is -2.56. The fourth-order valence-electron chi connectivity index (χ4n) is 3.97. The molecule has 0 radical (unpaired) electrons. The molecular formula is C23H21F3N2O3S2. The van der Waals surface area contributed by atoms with Crippen LogP contribution in [0.5, 0.6) is 0 Å². The fraction of sp³-hybridized carbons (Fsp3) is 0.304. The predicted molar refractivity (Wildman–Crippen MR) is 122 cm³/mol. The highest BCUT2D eigenvalue weighted by atomic mass is 32.2. The molecule has 0 unspecified atom stereocenters. The molecule has 0 saturated carbocycles. The van der Waals surface area contributed by atoms with Gasteiger partial charge in [0.25, 0.3) is 5.91 Å². The van der Waals surface area contributed by atoms with Crippen LogP contribution in [0.2, 0.25) is 0 Å². The number of hydrogen-bond donors (Lipinski definition) is 1. The largest absolute Gasteiger partial charge is 0.416 e. The number of hydrogen-bond acceptors (Lipinski definition) is 5. The number of fused-ring (bicyclic) bond motifs is 3. The summed E-state index contributed by atoms with van der Waals surface area (Å²) in [6, 6.07) is 8.70. The van der Waals surface area contributed by atoms with Crippen LogP contribution in [0.1, 0.15) is 37.4 Å². The number of nitrogens with zero attached hydrogens (tertiary/aromatic N) is 2. The number of aromatic nitrogens is 1. The Labute approximate surface area is 196 Å². The summed E-state index contributed by atoms with van der Waals surface area (Å²) in [4.78, 5) is 29.1. The van der Waals surface area contributed by atoms with Gasteiger partial charge in [-0.05, 0) is 36.6 Å². The van der Waals surface area contributed by atoms with Crippen molar-refractivity contribution in [3.05, 3.63) is 79.4 Å². The van der Waals surface area contributed by atoms with Crippen molar-refractivity contribution in [1.82, 2.24) is 9.47 Å². The molecule has 174 valence electrons. The van der Waals surface area contributed by atoms with Crippen molar-refractivity contribution >= 4 is 29.0 Å². The normalized spacial score (nSPS) is 15.5. The van der Waals surface area contributed by atoms with Crippen LogP contribution in [-0.4, -0.2) is 40.7 Å². The maximum atomic E-state index is 13.5. The number of rotatable bonds is 4. The third-order valence-corrected chi connectivity index (χ3v) is 7.97. The second kappa shape index (κ2) is 9.00. The van der Waals surface area contributed by atoms with E-state index in [2.05, 4.69) is 0 Å². The highest BCUT2D eigenvalue weighted by molar-refractivity contribution is 7.99. The number of halogens is 3. The van der Waals surface area contributed by atoms with Crippen molar-refractivity contribution in [3.8, 4) is 5.69 Å². The van der Waals surface area contributed by atoms with Gasteiger partial charge in [0.1, 0.15) is 5.56 Å². The van der Waals surface area contributed by atoms with Gasteiger partial charge in [0.15, 0.2) is 5.43 Å². The lowest BCUT2D eigenvalue weighted by atomic mass is 10.0. The van der Waals surface area contributed by atoms with E-state index < -0.39 is 23.1 Å². The lowest BCUT2D eigenvalue weighted by Crippen LogP contribution is -2.35. The first-order valence-electron chi connectivity index (χ1n) is 10.2. The SMILES string of the molecule is Cc1cc(=O)c(C(=O)N(C)CCO)c2n1-c1cc(C(F)(F)F)ccc1S[C@H](c1cccs1)C2. The van der Waals surface area contributed by atoms with Gasteiger partial charge in [0, 0.05) is 52.5 Å². The lowest BCUT2D eigenvalue weighted by molar-refractivity contribution is -0.137. The summed E-state index contributed by atoms with van der Waals surface area (Å²) in [6.45, 7) is 1.41. The van der Waals surface area contributed by atoms with Crippen LogP contribution in [0.25, 0.3) is 5.69 Å². The van der Waals surface area contributed by atoms with Crippen LogP contribution in [-0.2, 0) is 12.6 Å². The Bertz CT molecular complexity index is 1250. The molecule has 0 fully saturated rings. The van der Waals surface area contributed by atoms with Gasteiger partial charge >= 0.3 is 6.18 Å². The van der Waals surface area contributed by atoms with E-state index in [-0.39, 0.29) is 30.4 Å². The minimum atomic E-state index is -4.54. The lowest BCUT2D eigenvalue weighted by Gasteiger charge is -2.23. The zero-order chi connectivity index (χ0) is 23.9. The summed E-state index contributed by atoms with van der Waals surface area (Å²) in [5, 5.41) is 11.0. The molecule has 3 heterocycles. The number of carbonyl (C=O) groups is 1. The number of likely N-dealkylation sites (N-methyl/N-ethyl adjacent to an activating group) is 1. The monoisotopic (exact) mass is 494 g/mol. The summed E-state index contributed by atoms with van der Waals surface area (Å²) in [7, 11) is 1.48. The molecule has 0 saturated heterocycles. The number of alkyl halides is 3. The molecule has 1 N–H and O–H groups in total. The zero-order valence-electron chi connectivity index (χ0n) is 17.8. The molecule has 2 aromatic heterocycles. The second-order valence-corrected chi connectivity index (χ2v) is 9.99. The number of pyridine rings is 1. The van der Waals surface area contributed by atoms with Crippen molar-refractivity contribution in [2.75, 3.05) is 20.2 Å². The number of aliphatic hydroxyl groups is 1. The van der Waals surface area contributed by atoms with E-state index in [0.717, 1.165) is 17.0 Å². The topological polar surface area (TPSA) is 62.5 Å². The van der Waals surface area contributed by atoms with Crippen LogP contribution in [0.4, 0.5) is 13.2 Å². The van der Waals surface area contributed by atoms with Crippen molar-refractivity contribution in [2.24, 2.45) is 0 Å². The van der Waals surface area contributed by atoms with E-state index in [4.69, 9.17) is 0 Å². The van der Waals surface area contributed by atoms with Gasteiger partial charge in [-0.2, -0.15) is 13.2 Å². The van der Waals surface area contributed by atoms with E-state index in [0.29, 0.717) is 22.0 Å². The maximum absolute atomic E-state index is 13.5. The summed E-state index contributed by atoms with van der Waals surface area (Å²) < 4.78 is 42.3. The zero-order valence-corrected chi connectivity index (χ0v) is 19.5. The quantitative estimate of drug-likeness (QED) is 0.572. The first kappa shape index (κ1) is 23.6. The number of aryl methyl sites for hydroxylation is 1.